The molecule has 0 amide bonds. The molecule has 0 unspecified atom stereocenters. The van der Waals surface area contributed by atoms with Gasteiger partial charge in [0.25, 0.3) is 0 Å². The molecule has 0 aliphatic heterocycles. The van der Waals surface area contributed by atoms with Crippen LogP contribution in [0.3, 0.4) is 0 Å². The van der Waals surface area contributed by atoms with Crippen LogP contribution in [0.2, 0.25) is 0 Å². The molecule has 1 aliphatic carbocycles. The lowest BCUT2D eigenvalue weighted by molar-refractivity contribution is 0.126. The predicted octanol–water partition coefficient (Wildman–Crippen LogP) is 2.70. The molecule has 1 aliphatic rings. The van der Waals surface area contributed by atoms with Crippen molar-refractivity contribution in [2.75, 3.05) is 10.6 Å². The maximum Gasteiger partial charge on any atom is 0.227 e. The van der Waals surface area contributed by atoms with Crippen molar-refractivity contribution < 1.29 is 5.11 Å². The topological polar surface area (TPSA) is 101 Å². The molecule has 0 spiro atoms. The Labute approximate surface area is 151 Å². The van der Waals surface area contributed by atoms with E-state index in [4.69, 9.17) is 0 Å². The van der Waals surface area contributed by atoms with Crippen LogP contribution in [0.5, 0.6) is 0 Å². The number of nitrogens with one attached hydrogen (secondary N) is 2. The van der Waals surface area contributed by atoms with Crippen molar-refractivity contribution in [1.82, 2.24) is 24.5 Å². The van der Waals surface area contributed by atoms with E-state index in [9.17, 15) is 5.11 Å². The zero-order valence-corrected chi connectivity index (χ0v) is 14.8. The number of anilines is 3. The van der Waals surface area contributed by atoms with E-state index in [-0.39, 0.29) is 12.1 Å². The average molecular weight is 353 g/mol. The minimum atomic E-state index is -0.179. The number of aliphatic hydroxyl groups excluding tert-OH is 1. The summed E-state index contributed by atoms with van der Waals surface area (Å²) in [5.41, 5.74) is 2.45. The third-order valence-electron chi connectivity index (χ3n) is 4.78. The van der Waals surface area contributed by atoms with Crippen LogP contribution in [0.15, 0.2) is 30.9 Å². The molecule has 8 heteroatoms. The summed E-state index contributed by atoms with van der Waals surface area (Å²) in [6.07, 6.45) is 8.55. The normalized spacial score (nSPS) is 20.2. The number of nitrogens with zero attached hydrogens (tertiary/aromatic N) is 5. The maximum atomic E-state index is 9.70. The summed E-state index contributed by atoms with van der Waals surface area (Å²) in [4.78, 5) is 17.9. The standard InChI is InChI=1S/C18H23N7O/c1-2-25-11-20-15-16(21-13-7-9-19-10-8-13)23-18(24-17(15)25)22-12-3-5-14(26)6-4-12/h7-12,14,26H,2-6H2,1H3,(H2,19,21,22,23,24). The molecule has 3 aromatic heterocycles. The summed E-state index contributed by atoms with van der Waals surface area (Å²) in [7, 11) is 0. The van der Waals surface area contributed by atoms with E-state index in [2.05, 4.69) is 37.5 Å². The second-order valence-electron chi connectivity index (χ2n) is 6.61. The molecule has 0 bridgehead atoms. The number of aromatic nitrogens is 5. The highest BCUT2D eigenvalue weighted by Gasteiger charge is 2.21. The maximum absolute atomic E-state index is 9.70. The number of hydrogen-bond acceptors (Lipinski definition) is 7. The Kier molecular flexibility index (Phi) is 4.66. The summed E-state index contributed by atoms with van der Waals surface area (Å²) < 4.78 is 2.00. The Balaban J connectivity index is 1.66. The van der Waals surface area contributed by atoms with Crippen molar-refractivity contribution >= 4 is 28.6 Å². The Bertz CT molecular complexity index is 872. The van der Waals surface area contributed by atoms with Gasteiger partial charge in [0.15, 0.2) is 17.0 Å². The number of aryl methyl sites for hydroxylation is 1. The van der Waals surface area contributed by atoms with Gasteiger partial charge < -0.3 is 20.3 Å². The molecule has 1 fully saturated rings. The average Bonchev–Trinajstić information content (AvgIpc) is 3.08. The number of hydrogen-bond donors (Lipinski definition) is 3. The van der Waals surface area contributed by atoms with Gasteiger partial charge in [0.2, 0.25) is 5.95 Å². The SMILES string of the molecule is CCn1cnc2c(Nc3ccncc3)nc(NC3CCC(O)CC3)nc21. The van der Waals surface area contributed by atoms with Crippen molar-refractivity contribution in [1.29, 1.82) is 0 Å². The Hall–Kier alpha value is -2.74. The number of imidazole rings is 1. The van der Waals surface area contributed by atoms with Crippen LogP contribution in [0.25, 0.3) is 11.2 Å². The van der Waals surface area contributed by atoms with Gasteiger partial charge in [-0.15, -0.1) is 0 Å². The molecule has 3 aromatic rings. The van der Waals surface area contributed by atoms with Gasteiger partial charge >= 0.3 is 0 Å². The molecule has 0 radical (unpaired) electrons. The lowest BCUT2D eigenvalue weighted by Crippen LogP contribution is -2.29. The van der Waals surface area contributed by atoms with Gasteiger partial charge in [0.1, 0.15) is 0 Å². The molecule has 4 rings (SSSR count). The minimum Gasteiger partial charge on any atom is -0.393 e. The molecule has 26 heavy (non-hydrogen) atoms. The molecule has 0 saturated heterocycles. The number of pyridine rings is 1. The van der Waals surface area contributed by atoms with Gasteiger partial charge in [-0.25, -0.2) is 4.98 Å². The number of aliphatic hydroxyl groups is 1. The van der Waals surface area contributed by atoms with Crippen molar-refractivity contribution in [3.05, 3.63) is 30.9 Å². The van der Waals surface area contributed by atoms with Gasteiger partial charge in [-0.05, 0) is 44.7 Å². The first-order valence-electron chi connectivity index (χ1n) is 9.07. The van der Waals surface area contributed by atoms with Crippen LogP contribution in [0.4, 0.5) is 17.5 Å². The number of fused-ring (bicyclic) bond motifs is 1. The molecule has 3 heterocycles. The van der Waals surface area contributed by atoms with Crippen molar-refractivity contribution in [3.63, 3.8) is 0 Å². The second kappa shape index (κ2) is 7.25. The van der Waals surface area contributed by atoms with E-state index in [1.165, 1.54) is 0 Å². The van der Waals surface area contributed by atoms with Crippen molar-refractivity contribution in [2.45, 2.75) is 51.3 Å². The minimum absolute atomic E-state index is 0.179. The van der Waals surface area contributed by atoms with Crippen LogP contribution < -0.4 is 10.6 Å². The highest BCUT2D eigenvalue weighted by Crippen LogP contribution is 2.26. The largest absolute Gasteiger partial charge is 0.393 e. The third kappa shape index (κ3) is 3.45. The monoisotopic (exact) mass is 353 g/mol. The molecule has 0 atom stereocenters. The zero-order chi connectivity index (χ0) is 17.9. The molecular weight excluding hydrogens is 330 g/mol. The van der Waals surface area contributed by atoms with E-state index in [0.29, 0.717) is 11.8 Å². The summed E-state index contributed by atoms with van der Waals surface area (Å²) >= 11 is 0. The lowest BCUT2D eigenvalue weighted by atomic mass is 9.93. The first-order valence-corrected chi connectivity index (χ1v) is 9.07. The molecule has 3 N–H and O–H groups in total. The number of rotatable bonds is 5. The van der Waals surface area contributed by atoms with E-state index in [0.717, 1.165) is 49.1 Å². The van der Waals surface area contributed by atoms with Crippen molar-refractivity contribution in [2.24, 2.45) is 0 Å². The Morgan fingerprint density at radius 1 is 1.15 bits per heavy atom. The van der Waals surface area contributed by atoms with E-state index < -0.39 is 0 Å². The van der Waals surface area contributed by atoms with Crippen LogP contribution in [0, 0.1) is 0 Å². The smallest absolute Gasteiger partial charge is 0.227 e. The van der Waals surface area contributed by atoms with Gasteiger partial charge in [-0.2, -0.15) is 9.97 Å². The van der Waals surface area contributed by atoms with Gasteiger partial charge in [0, 0.05) is 30.7 Å². The predicted molar refractivity (Wildman–Crippen MR) is 100 cm³/mol. The summed E-state index contributed by atoms with van der Waals surface area (Å²) in [5, 5.41) is 16.5. The first kappa shape index (κ1) is 16.7. The fourth-order valence-electron chi connectivity index (χ4n) is 3.30. The third-order valence-corrected chi connectivity index (χ3v) is 4.78. The summed E-state index contributed by atoms with van der Waals surface area (Å²) in [6.45, 7) is 2.85. The molecular formula is C18H23N7O. The fraction of sp³-hybridized carbons (Fsp3) is 0.444. The fourth-order valence-corrected chi connectivity index (χ4v) is 3.30. The molecule has 8 nitrogen and oxygen atoms in total. The molecule has 0 aromatic carbocycles. The van der Waals surface area contributed by atoms with E-state index >= 15 is 0 Å². The lowest BCUT2D eigenvalue weighted by Gasteiger charge is -2.26. The van der Waals surface area contributed by atoms with Gasteiger partial charge in [0.05, 0.1) is 12.4 Å². The van der Waals surface area contributed by atoms with E-state index in [1.807, 2.05) is 16.7 Å². The van der Waals surface area contributed by atoms with Crippen molar-refractivity contribution in [3.8, 4) is 0 Å². The van der Waals surface area contributed by atoms with E-state index in [1.54, 1.807) is 18.7 Å². The van der Waals surface area contributed by atoms with Crippen LogP contribution in [-0.2, 0) is 6.54 Å². The van der Waals surface area contributed by atoms with Crippen LogP contribution >= 0.6 is 0 Å². The second-order valence-corrected chi connectivity index (χ2v) is 6.61. The quantitative estimate of drug-likeness (QED) is 0.648. The Morgan fingerprint density at radius 2 is 1.92 bits per heavy atom. The summed E-state index contributed by atoms with van der Waals surface area (Å²) in [5.74, 6) is 1.26. The Morgan fingerprint density at radius 3 is 2.65 bits per heavy atom. The summed E-state index contributed by atoms with van der Waals surface area (Å²) in [6, 6.07) is 4.06. The highest BCUT2D eigenvalue weighted by molar-refractivity contribution is 5.86. The van der Waals surface area contributed by atoms with Gasteiger partial charge in [-0.1, -0.05) is 0 Å². The first-order chi connectivity index (χ1) is 12.7. The molecule has 1 saturated carbocycles. The van der Waals surface area contributed by atoms with Crippen LogP contribution in [-0.4, -0.2) is 41.8 Å². The van der Waals surface area contributed by atoms with Crippen LogP contribution in [0.1, 0.15) is 32.6 Å². The zero-order valence-electron chi connectivity index (χ0n) is 14.8. The molecule has 136 valence electrons. The highest BCUT2D eigenvalue weighted by atomic mass is 16.3. The van der Waals surface area contributed by atoms with Gasteiger partial charge in [-0.3, -0.25) is 4.98 Å².